The number of rotatable bonds is 3. The quantitative estimate of drug-likeness (QED) is 0.695. The Kier molecular flexibility index (Phi) is 3.71. The summed E-state index contributed by atoms with van der Waals surface area (Å²) in [6, 6.07) is 5.46. The second kappa shape index (κ2) is 5.30. The van der Waals surface area contributed by atoms with Crippen molar-refractivity contribution >= 4 is 28.9 Å². The average Bonchev–Trinajstić information content (AvgIpc) is 2.71. The lowest BCUT2D eigenvalue weighted by molar-refractivity contribution is -0.384. The second-order valence-electron chi connectivity index (χ2n) is 4.17. The predicted octanol–water partition coefficient (Wildman–Crippen LogP) is 2.54. The Morgan fingerprint density at radius 3 is 2.70 bits per heavy atom. The molecule has 0 bridgehead atoms. The number of non-ortho nitro benzene ring substituents is 1. The summed E-state index contributed by atoms with van der Waals surface area (Å²) >= 11 is 5.92. The molecule has 8 heteroatoms. The average molecular weight is 295 g/mol. The summed E-state index contributed by atoms with van der Waals surface area (Å²) in [5, 5.41) is 17.5. The van der Waals surface area contributed by atoms with Gasteiger partial charge in [0.1, 0.15) is 5.69 Å². The Morgan fingerprint density at radius 1 is 1.45 bits per heavy atom. The van der Waals surface area contributed by atoms with E-state index in [-0.39, 0.29) is 16.4 Å². The fourth-order valence-electron chi connectivity index (χ4n) is 1.73. The van der Waals surface area contributed by atoms with Crippen molar-refractivity contribution in [2.45, 2.75) is 6.92 Å². The van der Waals surface area contributed by atoms with Gasteiger partial charge in [-0.25, -0.2) is 0 Å². The molecule has 1 amide bonds. The van der Waals surface area contributed by atoms with Gasteiger partial charge in [0.2, 0.25) is 0 Å². The van der Waals surface area contributed by atoms with Crippen molar-refractivity contribution in [3.05, 3.63) is 50.8 Å². The maximum Gasteiger partial charge on any atom is 0.273 e. The van der Waals surface area contributed by atoms with E-state index in [4.69, 9.17) is 11.6 Å². The van der Waals surface area contributed by atoms with E-state index in [1.807, 2.05) is 0 Å². The Hall–Kier alpha value is -2.41. The van der Waals surface area contributed by atoms with Gasteiger partial charge in [0.05, 0.1) is 21.3 Å². The first-order valence-corrected chi connectivity index (χ1v) is 6.02. The van der Waals surface area contributed by atoms with Crippen molar-refractivity contribution in [2.75, 3.05) is 5.32 Å². The first-order chi connectivity index (χ1) is 9.38. The number of nitrogens with one attached hydrogen (secondary N) is 1. The smallest absolute Gasteiger partial charge is 0.273 e. The van der Waals surface area contributed by atoms with Gasteiger partial charge >= 0.3 is 0 Å². The van der Waals surface area contributed by atoms with Crippen LogP contribution in [0, 0.1) is 17.0 Å². The number of anilines is 1. The fourth-order valence-corrected chi connectivity index (χ4v) is 1.90. The molecule has 2 aromatic rings. The van der Waals surface area contributed by atoms with Crippen LogP contribution >= 0.6 is 11.6 Å². The number of aryl methyl sites for hydroxylation is 2. The molecule has 0 fully saturated rings. The highest BCUT2D eigenvalue weighted by Gasteiger charge is 2.16. The van der Waals surface area contributed by atoms with Crippen LogP contribution in [0.4, 0.5) is 11.4 Å². The molecule has 1 N–H and O–H groups in total. The van der Waals surface area contributed by atoms with Crippen LogP contribution in [-0.4, -0.2) is 20.6 Å². The van der Waals surface area contributed by atoms with E-state index in [1.165, 1.54) is 22.9 Å². The number of halogens is 1. The monoisotopic (exact) mass is 294 g/mol. The van der Waals surface area contributed by atoms with Crippen molar-refractivity contribution in [3.8, 4) is 0 Å². The van der Waals surface area contributed by atoms with Crippen molar-refractivity contribution < 1.29 is 9.72 Å². The third kappa shape index (κ3) is 2.77. The van der Waals surface area contributed by atoms with E-state index >= 15 is 0 Å². The number of hydrogen-bond donors (Lipinski definition) is 1. The molecule has 0 aliphatic rings. The number of aromatic nitrogens is 2. The third-order valence-electron chi connectivity index (χ3n) is 2.64. The van der Waals surface area contributed by atoms with E-state index in [1.54, 1.807) is 20.0 Å². The Bertz CT molecular complexity index is 696. The lowest BCUT2D eigenvalue weighted by Crippen LogP contribution is -2.16. The van der Waals surface area contributed by atoms with Gasteiger partial charge in [-0.05, 0) is 19.1 Å². The standard InChI is InChI=1S/C12H11ClN4O3/c1-7-5-11(16(2)15-7)12(18)14-10-6-8(17(19)20)3-4-9(10)13/h3-6H,1-2H3,(H,14,18). The second-order valence-corrected chi connectivity index (χ2v) is 4.58. The van der Waals surface area contributed by atoms with Gasteiger partial charge in [-0.2, -0.15) is 5.10 Å². The molecule has 1 heterocycles. The van der Waals surface area contributed by atoms with Crippen molar-refractivity contribution in [1.29, 1.82) is 0 Å². The number of hydrogen-bond acceptors (Lipinski definition) is 4. The molecular formula is C12H11ClN4O3. The minimum Gasteiger partial charge on any atom is -0.319 e. The van der Waals surface area contributed by atoms with Gasteiger partial charge < -0.3 is 5.32 Å². The van der Waals surface area contributed by atoms with Crippen molar-refractivity contribution in [2.24, 2.45) is 7.05 Å². The van der Waals surface area contributed by atoms with E-state index in [9.17, 15) is 14.9 Å². The first-order valence-electron chi connectivity index (χ1n) is 5.64. The summed E-state index contributed by atoms with van der Waals surface area (Å²) in [7, 11) is 1.64. The van der Waals surface area contributed by atoms with Gasteiger partial charge in [-0.15, -0.1) is 0 Å². The Balaban J connectivity index is 2.30. The highest BCUT2D eigenvalue weighted by Crippen LogP contribution is 2.27. The van der Waals surface area contributed by atoms with E-state index in [2.05, 4.69) is 10.4 Å². The molecule has 1 aromatic carbocycles. The zero-order chi connectivity index (χ0) is 14.9. The Labute approximate surface area is 119 Å². The highest BCUT2D eigenvalue weighted by atomic mass is 35.5. The molecule has 0 saturated heterocycles. The summed E-state index contributed by atoms with van der Waals surface area (Å²) in [6.45, 7) is 1.76. The summed E-state index contributed by atoms with van der Waals surface area (Å²) in [6.07, 6.45) is 0. The van der Waals surface area contributed by atoms with E-state index in [0.29, 0.717) is 11.4 Å². The number of nitrogens with zero attached hydrogens (tertiary/aromatic N) is 3. The van der Waals surface area contributed by atoms with Crippen LogP contribution in [0.1, 0.15) is 16.2 Å². The van der Waals surface area contributed by atoms with E-state index in [0.717, 1.165) is 0 Å². The number of carbonyl (C=O) groups is 1. The topological polar surface area (TPSA) is 90.1 Å². The number of benzene rings is 1. The van der Waals surface area contributed by atoms with Crippen molar-refractivity contribution in [3.63, 3.8) is 0 Å². The maximum atomic E-state index is 12.1. The molecule has 1 aromatic heterocycles. The predicted molar refractivity (Wildman–Crippen MR) is 74.0 cm³/mol. The molecule has 7 nitrogen and oxygen atoms in total. The third-order valence-corrected chi connectivity index (χ3v) is 2.97. The molecule has 0 aliphatic carbocycles. The van der Waals surface area contributed by atoms with Crippen LogP contribution in [0.25, 0.3) is 0 Å². The zero-order valence-corrected chi connectivity index (χ0v) is 11.5. The van der Waals surface area contributed by atoms with Gasteiger partial charge in [-0.1, -0.05) is 11.6 Å². The van der Waals surface area contributed by atoms with Gasteiger partial charge in [-0.3, -0.25) is 19.6 Å². The summed E-state index contributed by atoms with van der Waals surface area (Å²) < 4.78 is 1.43. The summed E-state index contributed by atoms with van der Waals surface area (Å²) in [5.74, 6) is -0.435. The van der Waals surface area contributed by atoms with Crippen LogP contribution in [-0.2, 0) is 7.05 Å². The van der Waals surface area contributed by atoms with Crippen LogP contribution in [0.3, 0.4) is 0 Å². The number of amides is 1. The van der Waals surface area contributed by atoms with Gasteiger partial charge in [0, 0.05) is 19.2 Å². The molecule has 0 saturated carbocycles. The fraction of sp³-hybridized carbons (Fsp3) is 0.167. The maximum absolute atomic E-state index is 12.1. The molecule has 0 unspecified atom stereocenters. The van der Waals surface area contributed by atoms with Gasteiger partial charge in [0.15, 0.2) is 0 Å². The lowest BCUT2D eigenvalue weighted by atomic mass is 10.2. The molecule has 0 spiro atoms. The first kappa shape index (κ1) is 14.0. The number of nitro benzene ring substituents is 1. The number of nitro groups is 1. The van der Waals surface area contributed by atoms with Crippen molar-refractivity contribution in [1.82, 2.24) is 9.78 Å². The molecule has 0 aliphatic heterocycles. The normalized spacial score (nSPS) is 10.3. The Morgan fingerprint density at radius 2 is 2.15 bits per heavy atom. The summed E-state index contributed by atoms with van der Waals surface area (Å²) in [4.78, 5) is 22.2. The lowest BCUT2D eigenvalue weighted by Gasteiger charge is -2.07. The molecule has 0 atom stereocenters. The van der Waals surface area contributed by atoms with E-state index < -0.39 is 10.8 Å². The number of carbonyl (C=O) groups excluding carboxylic acids is 1. The SMILES string of the molecule is Cc1cc(C(=O)Nc2cc([N+](=O)[O-])ccc2Cl)n(C)n1. The summed E-state index contributed by atoms with van der Waals surface area (Å²) in [5.41, 5.74) is 1.07. The molecule has 2 rings (SSSR count). The van der Waals surface area contributed by atoms with Crippen LogP contribution in [0.5, 0.6) is 0 Å². The molecular weight excluding hydrogens is 284 g/mol. The largest absolute Gasteiger partial charge is 0.319 e. The molecule has 20 heavy (non-hydrogen) atoms. The zero-order valence-electron chi connectivity index (χ0n) is 10.8. The minimum atomic E-state index is -0.555. The van der Waals surface area contributed by atoms with Crippen LogP contribution < -0.4 is 5.32 Å². The minimum absolute atomic E-state index is 0.147. The van der Waals surface area contributed by atoms with Crippen LogP contribution in [0.2, 0.25) is 5.02 Å². The molecule has 0 radical (unpaired) electrons. The highest BCUT2D eigenvalue weighted by molar-refractivity contribution is 6.34. The van der Waals surface area contributed by atoms with Crippen LogP contribution in [0.15, 0.2) is 24.3 Å². The molecule has 104 valence electrons. The van der Waals surface area contributed by atoms with Gasteiger partial charge in [0.25, 0.3) is 11.6 Å².